The molecule has 0 aliphatic heterocycles. The maximum atomic E-state index is 13.9. The summed E-state index contributed by atoms with van der Waals surface area (Å²) in [7, 11) is 3.96. The van der Waals surface area contributed by atoms with E-state index in [1.54, 1.807) is 12.1 Å². The minimum atomic E-state index is -0.380. The highest BCUT2D eigenvalue weighted by molar-refractivity contribution is 6.30. The van der Waals surface area contributed by atoms with E-state index in [0.29, 0.717) is 12.0 Å². The van der Waals surface area contributed by atoms with Crippen LogP contribution >= 0.6 is 11.6 Å². The molecular formula is C16H18ClFN2. The summed E-state index contributed by atoms with van der Waals surface area (Å²) in [5.41, 5.74) is 8.78. The fourth-order valence-corrected chi connectivity index (χ4v) is 2.27. The molecule has 0 aliphatic carbocycles. The van der Waals surface area contributed by atoms with Gasteiger partial charge in [-0.05, 0) is 35.7 Å². The Bertz CT molecular complexity index is 582. The van der Waals surface area contributed by atoms with Crippen LogP contribution in [0.1, 0.15) is 17.2 Å². The first-order chi connectivity index (χ1) is 9.49. The molecule has 4 heteroatoms. The number of nitrogens with two attached hydrogens (primary N) is 1. The van der Waals surface area contributed by atoms with Crippen molar-refractivity contribution in [1.29, 1.82) is 0 Å². The van der Waals surface area contributed by atoms with E-state index >= 15 is 0 Å². The Morgan fingerprint density at radius 3 is 2.40 bits per heavy atom. The Morgan fingerprint density at radius 1 is 1.15 bits per heavy atom. The van der Waals surface area contributed by atoms with Gasteiger partial charge in [0.05, 0.1) is 5.02 Å². The maximum Gasteiger partial charge on any atom is 0.145 e. The van der Waals surface area contributed by atoms with Gasteiger partial charge in [0, 0.05) is 25.8 Å². The molecule has 2 aromatic rings. The van der Waals surface area contributed by atoms with Gasteiger partial charge in [0.15, 0.2) is 0 Å². The normalized spacial score (nSPS) is 12.2. The highest BCUT2D eigenvalue weighted by Crippen LogP contribution is 2.23. The van der Waals surface area contributed by atoms with Crippen molar-refractivity contribution in [3.05, 3.63) is 64.4 Å². The highest BCUT2D eigenvalue weighted by atomic mass is 35.5. The summed E-state index contributed by atoms with van der Waals surface area (Å²) in [6.07, 6.45) is 0.424. The van der Waals surface area contributed by atoms with Crippen molar-refractivity contribution in [2.24, 2.45) is 5.73 Å². The SMILES string of the molecule is CN(C)c1ccc(C(N)Cc2cccc(Cl)c2F)cc1. The molecule has 2 N–H and O–H groups in total. The molecule has 0 aliphatic rings. The van der Waals surface area contributed by atoms with Crippen LogP contribution in [0, 0.1) is 5.82 Å². The van der Waals surface area contributed by atoms with Crippen LogP contribution in [0.25, 0.3) is 0 Å². The van der Waals surface area contributed by atoms with Gasteiger partial charge >= 0.3 is 0 Å². The molecule has 0 saturated heterocycles. The molecule has 0 aromatic heterocycles. The van der Waals surface area contributed by atoms with Gasteiger partial charge < -0.3 is 10.6 Å². The van der Waals surface area contributed by atoms with E-state index in [9.17, 15) is 4.39 Å². The third-order valence-corrected chi connectivity index (χ3v) is 3.60. The van der Waals surface area contributed by atoms with E-state index in [1.165, 1.54) is 6.07 Å². The molecule has 2 nitrogen and oxygen atoms in total. The zero-order chi connectivity index (χ0) is 14.7. The predicted octanol–water partition coefficient (Wildman–Crippen LogP) is 3.79. The van der Waals surface area contributed by atoms with Crippen LogP contribution in [0.15, 0.2) is 42.5 Å². The van der Waals surface area contributed by atoms with Gasteiger partial charge in [0.1, 0.15) is 5.82 Å². The lowest BCUT2D eigenvalue weighted by atomic mass is 9.99. The van der Waals surface area contributed by atoms with Crippen molar-refractivity contribution >= 4 is 17.3 Å². The predicted molar refractivity (Wildman–Crippen MR) is 82.8 cm³/mol. The first kappa shape index (κ1) is 14.8. The second-order valence-electron chi connectivity index (χ2n) is 5.01. The van der Waals surface area contributed by atoms with Crippen LogP contribution in [0.3, 0.4) is 0 Å². The maximum absolute atomic E-state index is 13.9. The van der Waals surface area contributed by atoms with Crippen molar-refractivity contribution in [1.82, 2.24) is 0 Å². The topological polar surface area (TPSA) is 29.3 Å². The molecule has 2 rings (SSSR count). The molecule has 1 unspecified atom stereocenters. The smallest absolute Gasteiger partial charge is 0.145 e. The molecule has 0 saturated carbocycles. The fraction of sp³-hybridized carbons (Fsp3) is 0.250. The first-order valence-electron chi connectivity index (χ1n) is 6.45. The second kappa shape index (κ2) is 6.25. The van der Waals surface area contributed by atoms with Gasteiger partial charge in [0.2, 0.25) is 0 Å². The Hall–Kier alpha value is -1.58. The van der Waals surface area contributed by atoms with E-state index in [0.717, 1.165) is 11.3 Å². The first-order valence-corrected chi connectivity index (χ1v) is 6.82. The van der Waals surface area contributed by atoms with Gasteiger partial charge in [-0.1, -0.05) is 35.9 Å². The van der Waals surface area contributed by atoms with Crippen LogP contribution in [0.5, 0.6) is 0 Å². The average Bonchev–Trinajstić information content (AvgIpc) is 2.44. The van der Waals surface area contributed by atoms with E-state index in [1.807, 2.05) is 43.3 Å². The van der Waals surface area contributed by atoms with Gasteiger partial charge in [-0.25, -0.2) is 4.39 Å². The summed E-state index contributed by atoms with van der Waals surface area (Å²) in [4.78, 5) is 2.02. The number of halogens is 2. The average molecular weight is 293 g/mol. The fourth-order valence-electron chi connectivity index (χ4n) is 2.08. The molecular weight excluding hydrogens is 275 g/mol. The van der Waals surface area contributed by atoms with Gasteiger partial charge in [-0.2, -0.15) is 0 Å². The Kier molecular flexibility index (Phi) is 4.63. The molecule has 1 atom stereocenters. The third-order valence-electron chi connectivity index (χ3n) is 3.31. The van der Waals surface area contributed by atoms with E-state index in [-0.39, 0.29) is 16.9 Å². The van der Waals surface area contributed by atoms with Crippen LogP contribution in [0.2, 0.25) is 5.02 Å². The van der Waals surface area contributed by atoms with Crippen molar-refractivity contribution in [3.8, 4) is 0 Å². The summed E-state index contributed by atoms with van der Waals surface area (Å²) in [5.74, 6) is -0.380. The van der Waals surface area contributed by atoms with Crippen molar-refractivity contribution in [3.63, 3.8) is 0 Å². The van der Waals surface area contributed by atoms with Gasteiger partial charge in [0.25, 0.3) is 0 Å². The zero-order valence-electron chi connectivity index (χ0n) is 11.6. The lowest BCUT2D eigenvalue weighted by Crippen LogP contribution is -2.15. The number of nitrogens with zero attached hydrogens (tertiary/aromatic N) is 1. The minimum Gasteiger partial charge on any atom is -0.378 e. The van der Waals surface area contributed by atoms with Crippen LogP contribution in [-0.4, -0.2) is 14.1 Å². The van der Waals surface area contributed by atoms with E-state index in [4.69, 9.17) is 17.3 Å². The highest BCUT2D eigenvalue weighted by Gasteiger charge is 2.12. The lowest BCUT2D eigenvalue weighted by Gasteiger charge is -2.16. The number of rotatable bonds is 4. The van der Waals surface area contributed by atoms with Crippen LogP contribution < -0.4 is 10.6 Å². The minimum absolute atomic E-state index is 0.137. The Balaban J connectivity index is 2.15. The molecule has 20 heavy (non-hydrogen) atoms. The molecule has 0 fully saturated rings. The Morgan fingerprint density at radius 2 is 1.80 bits per heavy atom. The van der Waals surface area contributed by atoms with Crippen molar-refractivity contribution in [2.45, 2.75) is 12.5 Å². The van der Waals surface area contributed by atoms with E-state index in [2.05, 4.69) is 0 Å². The molecule has 0 heterocycles. The van der Waals surface area contributed by atoms with Crippen molar-refractivity contribution < 1.29 is 4.39 Å². The number of hydrogen-bond acceptors (Lipinski definition) is 2. The molecule has 0 spiro atoms. The summed E-state index contributed by atoms with van der Waals surface area (Å²) in [6.45, 7) is 0. The Labute approximate surface area is 124 Å². The van der Waals surface area contributed by atoms with Crippen molar-refractivity contribution in [2.75, 3.05) is 19.0 Å². The molecule has 0 bridgehead atoms. The summed E-state index contributed by atoms with van der Waals surface area (Å²) < 4.78 is 13.9. The molecule has 106 valence electrons. The standard InChI is InChI=1S/C16H18ClFN2/c1-20(2)13-8-6-11(7-9-13)15(19)10-12-4-3-5-14(17)16(12)18/h3-9,15H,10,19H2,1-2H3. The van der Waals surface area contributed by atoms with E-state index < -0.39 is 0 Å². The third kappa shape index (κ3) is 3.30. The van der Waals surface area contributed by atoms with Gasteiger partial charge in [-0.3, -0.25) is 0 Å². The number of anilines is 1. The second-order valence-corrected chi connectivity index (χ2v) is 5.42. The lowest BCUT2D eigenvalue weighted by molar-refractivity contribution is 0.594. The number of benzene rings is 2. The summed E-state index contributed by atoms with van der Waals surface area (Å²) in [6, 6.07) is 12.7. The van der Waals surface area contributed by atoms with Gasteiger partial charge in [-0.15, -0.1) is 0 Å². The largest absolute Gasteiger partial charge is 0.378 e. The zero-order valence-corrected chi connectivity index (χ0v) is 12.4. The van der Waals surface area contributed by atoms with Crippen LogP contribution in [-0.2, 0) is 6.42 Å². The summed E-state index contributed by atoms with van der Waals surface area (Å²) >= 11 is 5.78. The molecule has 2 aromatic carbocycles. The molecule has 0 amide bonds. The van der Waals surface area contributed by atoms with Crippen LogP contribution in [0.4, 0.5) is 10.1 Å². The monoisotopic (exact) mass is 292 g/mol. The molecule has 0 radical (unpaired) electrons. The quantitative estimate of drug-likeness (QED) is 0.929. The summed E-state index contributed by atoms with van der Waals surface area (Å²) in [5, 5.41) is 0.137. The number of hydrogen-bond donors (Lipinski definition) is 1.